The number of carbonyl (C=O) groups is 3. The molecule has 0 bridgehead atoms. The summed E-state index contributed by atoms with van der Waals surface area (Å²) in [5, 5.41) is -0.0428. The van der Waals surface area contributed by atoms with Crippen LogP contribution in [0.2, 0.25) is 18.1 Å². The molecule has 3 fully saturated rings. The Balaban J connectivity index is 1.49. The predicted molar refractivity (Wildman–Crippen MR) is 173 cm³/mol. The lowest BCUT2D eigenvalue weighted by Gasteiger charge is -2.62. The quantitative estimate of drug-likeness (QED) is 0.124. The fraction of sp³-hybridized carbons (Fsp3) is 0.806. The Hall–Kier alpha value is -2.13. The molecular weight excluding hydrogens is 588 g/mol. The van der Waals surface area contributed by atoms with Crippen molar-refractivity contribution < 1.29 is 37.8 Å². The van der Waals surface area contributed by atoms with Crippen molar-refractivity contribution in [1.82, 2.24) is 0 Å². The van der Waals surface area contributed by atoms with E-state index in [1.165, 1.54) is 26.5 Å². The van der Waals surface area contributed by atoms with Gasteiger partial charge < -0.3 is 23.4 Å². The first-order valence-corrected chi connectivity index (χ1v) is 20.0. The van der Waals surface area contributed by atoms with Crippen molar-refractivity contribution in [3.05, 3.63) is 23.0 Å². The zero-order valence-corrected chi connectivity index (χ0v) is 30.2. The molecule has 9 atom stereocenters. The Bertz CT molecular complexity index is 1260. The molecule has 3 saturated carbocycles. The normalized spacial score (nSPS) is 36.7. The van der Waals surface area contributed by atoms with E-state index in [0.29, 0.717) is 24.4 Å². The van der Waals surface area contributed by atoms with Gasteiger partial charge in [0, 0.05) is 19.8 Å². The van der Waals surface area contributed by atoms with Gasteiger partial charge in [0.15, 0.2) is 8.32 Å². The maximum atomic E-state index is 12.7. The van der Waals surface area contributed by atoms with Crippen LogP contribution in [0.3, 0.4) is 0 Å². The summed E-state index contributed by atoms with van der Waals surface area (Å²) in [6.45, 7) is 19.0. The van der Waals surface area contributed by atoms with Crippen LogP contribution in [0.4, 0.5) is 0 Å². The molecule has 0 saturated heterocycles. The summed E-state index contributed by atoms with van der Waals surface area (Å²) in [5.41, 5.74) is 2.17. The first kappa shape index (κ1) is 34.2. The summed E-state index contributed by atoms with van der Waals surface area (Å²) in [6, 6.07) is 0. The second-order valence-electron chi connectivity index (χ2n) is 16.3. The number of methoxy groups -OCH3 is 1. The van der Waals surface area contributed by atoms with E-state index in [2.05, 4.69) is 53.8 Å². The SMILES string of the molecule is COC(=O)C[C@H](O[Si](C)(C)C(C)(C)C)C1=C(C)[C@H]2CC=C3[C@@H]4CC[C@H]5C[C@@H](OC(C)=O)CC[C@]5(C)[C@H]4C[C@H](OC(C)=O)[C@@]32CO1. The molecule has 1 aliphatic heterocycles. The lowest BCUT2D eigenvalue weighted by molar-refractivity contribution is -0.178. The van der Waals surface area contributed by atoms with Gasteiger partial charge >= 0.3 is 17.9 Å². The molecule has 8 nitrogen and oxygen atoms in total. The number of carbonyl (C=O) groups excluding carboxylic acids is 3. The first-order chi connectivity index (χ1) is 20.9. The van der Waals surface area contributed by atoms with Crippen molar-refractivity contribution in [3.63, 3.8) is 0 Å². The molecule has 0 aromatic rings. The molecule has 0 radical (unpaired) electrons. The van der Waals surface area contributed by atoms with Gasteiger partial charge in [-0.25, -0.2) is 0 Å². The highest BCUT2D eigenvalue weighted by Gasteiger charge is 2.65. The highest BCUT2D eigenvalue weighted by atomic mass is 28.4. The van der Waals surface area contributed by atoms with E-state index in [1.54, 1.807) is 0 Å². The Morgan fingerprint density at radius 2 is 1.76 bits per heavy atom. The largest absolute Gasteiger partial charge is 0.494 e. The monoisotopic (exact) mass is 644 g/mol. The Kier molecular flexibility index (Phi) is 9.23. The summed E-state index contributed by atoms with van der Waals surface area (Å²) < 4.78 is 30.8. The molecular formula is C36H56O8Si. The van der Waals surface area contributed by atoms with Crippen LogP contribution in [0, 0.1) is 34.5 Å². The standard InChI is InChI=1S/C36H56O8Si/c1-21-27-13-14-28-26-12-11-24-17-25(42-22(2)37)15-16-35(24,7)29(26)18-31(43-23(3)38)36(27,28)20-41-33(21)30(19-32(39)40-8)44-45(9,10)34(4,5)6/h14,24-27,29-31H,11-13,15-20H2,1-10H3/t24-,25-,26-,27+,29-,30-,31-,35-,36+/m0/s1. The number of hydrogen-bond acceptors (Lipinski definition) is 8. The van der Waals surface area contributed by atoms with Crippen molar-refractivity contribution >= 4 is 26.2 Å². The van der Waals surface area contributed by atoms with E-state index in [-0.39, 0.29) is 52.9 Å². The second kappa shape index (κ2) is 12.1. The summed E-state index contributed by atoms with van der Waals surface area (Å²) in [7, 11) is -0.847. The van der Waals surface area contributed by atoms with Gasteiger partial charge in [0.05, 0.1) is 18.9 Å². The Morgan fingerprint density at radius 1 is 1.07 bits per heavy atom. The molecule has 0 unspecified atom stereocenters. The van der Waals surface area contributed by atoms with E-state index in [0.717, 1.165) is 56.3 Å². The number of ether oxygens (including phenoxy) is 4. The fourth-order valence-electron chi connectivity index (χ4n) is 9.68. The van der Waals surface area contributed by atoms with Crippen molar-refractivity contribution in [2.75, 3.05) is 13.7 Å². The molecule has 0 aromatic heterocycles. The highest BCUT2D eigenvalue weighted by molar-refractivity contribution is 6.74. The predicted octanol–water partition coefficient (Wildman–Crippen LogP) is 7.28. The number of hydrogen-bond donors (Lipinski definition) is 0. The summed E-state index contributed by atoms with van der Waals surface area (Å²) in [4.78, 5) is 37.1. The van der Waals surface area contributed by atoms with Gasteiger partial charge in [0.1, 0.15) is 30.7 Å². The lowest BCUT2D eigenvalue weighted by atomic mass is 9.44. The van der Waals surface area contributed by atoms with E-state index >= 15 is 0 Å². The van der Waals surface area contributed by atoms with Crippen LogP contribution in [-0.4, -0.2) is 58.3 Å². The molecule has 0 amide bonds. The van der Waals surface area contributed by atoms with Crippen LogP contribution in [0.25, 0.3) is 0 Å². The van der Waals surface area contributed by atoms with Gasteiger partial charge in [0.25, 0.3) is 0 Å². The van der Waals surface area contributed by atoms with Crippen molar-refractivity contribution in [3.8, 4) is 0 Å². The minimum Gasteiger partial charge on any atom is -0.494 e. The van der Waals surface area contributed by atoms with Gasteiger partial charge in [-0.15, -0.1) is 0 Å². The Labute approximate surface area is 271 Å². The molecule has 1 heterocycles. The summed E-state index contributed by atoms with van der Waals surface area (Å²) in [5.74, 6) is 1.34. The van der Waals surface area contributed by atoms with E-state index in [9.17, 15) is 14.4 Å². The lowest BCUT2D eigenvalue weighted by Crippen LogP contribution is -2.60. The third-order valence-electron chi connectivity index (χ3n) is 13.0. The van der Waals surface area contributed by atoms with Crippen LogP contribution >= 0.6 is 0 Å². The maximum absolute atomic E-state index is 12.7. The van der Waals surface area contributed by atoms with Crippen LogP contribution in [0.5, 0.6) is 0 Å². The number of esters is 3. The molecule has 5 aliphatic rings. The van der Waals surface area contributed by atoms with Gasteiger partial charge in [0.2, 0.25) is 0 Å². The van der Waals surface area contributed by atoms with Gasteiger partial charge in [-0.05, 0) is 98.7 Å². The third-order valence-corrected chi connectivity index (χ3v) is 17.4. The number of rotatable bonds is 7. The molecule has 1 spiro atoms. The van der Waals surface area contributed by atoms with Crippen molar-refractivity contribution in [2.45, 2.75) is 136 Å². The third kappa shape index (κ3) is 5.94. The average Bonchev–Trinajstić information content (AvgIpc) is 3.34. The zero-order chi connectivity index (χ0) is 33.1. The van der Waals surface area contributed by atoms with Gasteiger partial charge in [-0.2, -0.15) is 0 Å². The fourth-order valence-corrected chi connectivity index (χ4v) is 10.9. The highest BCUT2D eigenvalue weighted by Crippen LogP contribution is 2.68. The van der Waals surface area contributed by atoms with Gasteiger partial charge in [-0.1, -0.05) is 39.3 Å². The van der Waals surface area contributed by atoms with Crippen molar-refractivity contribution in [2.24, 2.45) is 34.5 Å². The van der Waals surface area contributed by atoms with E-state index in [1.807, 2.05) is 0 Å². The van der Waals surface area contributed by atoms with Crippen LogP contribution in [-0.2, 0) is 37.8 Å². The number of allylic oxidation sites excluding steroid dienone is 2. The smallest absolute Gasteiger partial charge is 0.308 e. The summed E-state index contributed by atoms with van der Waals surface area (Å²) >= 11 is 0. The molecule has 0 aromatic carbocycles. The topological polar surface area (TPSA) is 97.4 Å². The van der Waals surface area contributed by atoms with Crippen LogP contribution < -0.4 is 0 Å². The summed E-state index contributed by atoms with van der Waals surface area (Å²) in [6.07, 6.45) is 8.36. The minimum absolute atomic E-state index is 0.00386. The second-order valence-corrected chi connectivity index (χ2v) is 21.1. The zero-order valence-electron chi connectivity index (χ0n) is 29.2. The minimum atomic E-state index is -2.26. The molecule has 9 heteroatoms. The van der Waals surface area contributed by atoms with E-state index in [4.69, 9.17) is 23.4 Å². The van der Waals surface area contributed by atoms with Crippen LogP contribution in [0.1, 0.15) is 99.8 Å². The van der Waals surface area contributed by atoms with E-state index < -0.39 is 19.8 Å². The molecule has 252 valence electrons. The molecule has 45 heavy (non-hydrogen) atoms. The maximum Gasteiger partial charge on any atom is 0.308 e. The molecule has 0 N–H and O–H groups in total. The van der Waals surface area contributed by atoms with Gasteiger partial charge in [-0.3, -0.25) is 14.4 Å². The van der Waals surface area contributed by atoms with Crippen LogP contribution in [0.15, 0.2) is 23.0 Å². The average molecular weight is 645 g/mol. The first-order valence-electron chi connectivity index (χ1n) is 17.1. The number of fused-ring (bicyclic) bond motifs is 4. The van der Waals surface area contributed by atoms with Crippen molar-refractivity contribution in [1.29, 1.82) is 0 Å². The molecule has 5 rings (SSSR count). The molecule has 4 aliphatic carbocycles. The Morgan fingerprint density at radius 3 is 2.38 bits per heavy atom.